The quantitative estimate of drug-likeness (QED) is 0.0830. The highest BCUT2D eigenvalue weighted by atomic mass is 32.1. The number of benzene rings is 7. The number of hydrogen-bond acceptors (Lipinski definition) is 12. The zero-order valence-corrected chi connectivity index (χ0v) is 41.7. The Morgan fingerprint density at radius 3 is 2.25 bits per heavy atom. The van der Waals surface area contributed by atoms with Crippen LogP contribution < -0.4 is 20.3 Å². The number of aliphatic hydroxyl groups excluding tert-OH is 1. The number of carbonyl (C=O) groups is 4. The first-order chi connectivity index (χ1) is 37.2. The highest BCUT2D eigenvalue weighted by Gasteiger charge is 2.76. The Balaban J connectivity index is 1.13. The number of fused-ring (bicyclic) bond motifs is 5. The van der Waals surface area contributed by atoms with E-state index < -0.39 is 65.4 Å². The van der Waals surface area contributed by atoms with Crippen molar-refractivity contribution in [3.05, 3.63) is 215 Å². The number of aliphatic hydroxyl groups is 1. The lowest BCUT2D eigenvalue weighted by Crippen LogP contribution is -2.55. The molecule has 0 bridgehead atoms. The maximum Gasteiger partial charge on any atom is 0.329 e. The minimum absolute atomic E-state index is 0.115. The summed E-state index contributed by atoms with van der Waals surface area (Å²) in [4.78, 5) is 72.1. The van der Waals surface area contributed by atoms with Crippen molar-refractivity contribution < 1.29 is 33.8 Å². The lowest BCUT2D eigenvalue weighted by atomic mass is 9.65. The second-order valence-corrected chi connectivity index (χ2v) is 19.9. The monoisotopic (exact) mass is 1020 g/mol. The molecule has 2 fully saturated rings. The molecule has 3 aliphatic rings. The molecular formula is C60H48N8O7S. The van der Waals surface area contributed by atoms with Gasteiger partial charge in [-0.05, 0) is 77.7 Å². The van der Waals surface area contributed by atoms with Gasteiger partial charge >= 0.3 is 12.0 Å². The number of amides is 4. The molecule has 7 atom stereocenters. The number of carbonyl (C=O) groups excluding carboxylic acids is 4. The largest absolute Gasteiger partial charge is 0.491 e. The van der Waals surface area contributed by atoms with Gasteiger partial charge in [-0.25, -0.2) is 19.4 Å². The van der Waals surface area contributed by atoms with Crippen molar-refractivity contribution in [2.45, 2.75) is 49.2 Å². The van der Waals surface area contributed by atoms with Gasteiger partial charge in [0.05, 0.1) is 52.1 Å². The molecule has 3 aliphatic heterocycles. The number of hydrogen-bond donors (Lipinski definition) is 3. The van der Waals surface area contributed by atoms with Gasteiger partial charge in [0.15, 0.2) is 5.13 Å². The highest BCUT2D eigenvalue weighted by molar-refractivity contribution is 7.22. The fourth-order valence-electron chi connectivity index (χ4n) is 11.4. The second-order valence-electron chi connectivity index (χ2n) is 18.8. The molecule has 2 saturated heterocycles. The van der Waals surface area contributed by atoms with Crippen LogP contribution in [0.5, 0.6) is 5.75 Å². The Kier molecular flexibility index (Phi) is 12.6. The molecule has 7 aromatic carbocycles. The number of cyclic esters (lactones) is 1. The SMILES string of the molecule is C[C@@H](NC(=O)N1C(=O)[C@@]2(c3cc(C#CCn4nnc5ccccc54)ccc31)[C@H](c1ccccc1OCCO)N1[C@H](c3ccccc3)[C@H](c3ccccc3)OC(=O)[C@H]1[C@@H]2C(=O)Nc1nc2ccccc2s1)c1ccccc1. The third-order valence-electron chi connectivity index (χ3n) is 14.6. The number of nitrogens with zero attached hydrogens (tertiary/aromatic N) is 6. The van der Waals surface area contributed by atoms with E-state index in [1.54, 1.807) is 41.1 Å². The maximum atomic E-state index is 17.0. The third-order valence-corrected chi connectivity index (χ3v) is 15.5. The molecule has 5 heterocycles. The number of rotatable bonds is 11. The van der Waals surface area contributed by atoms with Crippen molar-refractivity contribution in [2.75, 3.05) is 23.4 Å². The standard InChI is InChI=1S/C60H48N8O7S/c1-37(39-19-5-2-6-20-39)61-59(73)67-46-32-31-38(18-17-33-66-47-28-14-12-26-44(47)64-65-66)36-43(46)60(57(67)72)50(55(70)63-58-62-45-27-13-16-30-49(45)76-58)52-56(71)75-53(41-23-9-4-10-24-41)51(40-21-7-3-8-22-40)68(52)54(60)42-25-11-15-29-48(42)74-35-34-69/h2-16,19-32,36-37,50-54,69H,33-35H2,1H3,(H,61,73)(H,62,63,70)/t37-,50-,51-,52-,53+,54+,60-/m1/s1. The fraction of sp³-hybridized carbons (Fsp3) is 0.183. The van der Waals surface area contributed by atoms with E-state index in [2.05, 4.69) is 32.8 Å². The third kappa shape index (κ3) is 8.21. The topological polar surface area (TPSA) is 181 Å². The average Bonchev–Trinajstić information content (AvgIpc) is 4.08. The van der Waals surface area contributed by atoms with Gasteiger partial charge in [0, 0.05) is 11.1 Å². The Morgan fingerprint density at radius 1 is 0.803 bits per heavy atom. The predicted octanol–water partition coefficient (Wildman–Crippen LogP) is 9.24. The second kappa shape index (κ2) is 20.0. The fourth-order valence-corrected chi connectivity index (χ4v) is 12.3. The van der Waals surface area contributed by atoms with Crippen LogP contribution in [0, 0.1) is 17.8 Å². The van der Waals surface area contributed by atoms with Gasteiger partial charge in [0.2, 0.25) is 11.8 Å². The van der Waals surface area contributed by atoms with Crippen LogP contribution in [0.1, 0.15) is 64.5 Å². The van der Waals surface area contributed by atoms with Gasteiger partial charge in [-0.15, -0.1) is 5.10 Å². The minimum Gasteiger partial charge on any atom is -0.491 e. The van der Waals surface area contributed by atoms with Crippen LogP contribution in [0.25, 0.3) is 21.3 Å². The first-order valence-electron chi connectivity index (χ1n) is 24.9. The van der Waals surface area contributed by atoms with Crippen LogP contribution in [-0.4, -0.2) is 73.1 Å². The van der Waals surface area contributed by atoms with Gasteiger partial charge in [-0.2, -0.15) is 0 Å². The zero-order chi connectivity index (χ0) is 51.9. The molecular weight excluding hydrogens is 977 g/mol. The van der Waals surface area contributed by atoms with E-state index in [1.807, 2.05) is 157 Å². The summed E-state index contributed by atoms with van der Waals surface area (Å²) in [6.45, 7) is 1.55. The van der Waals surface area contributed by atoms with Crippen molar-refractivity contribution in [1.82, 2.24) is 30.2 Å². The molecule has 0 saturated carbocycles. The number of imide groups is 1. The van der Waals surface area contributed by atoms with Crippen molar-refractivity contribution in [3.63, 3.8) is 0 Å². The molecule has 0 unspecified atom stereocenters. The van der Waals surface area contributed by atoms with Crippen LogP contribution in [0.3, 0.4) is 0 Å². The number of para-hydroxylation sites is 3. The highest BCUT2D eigenvalue weighted by Crippen LogP contribution is 2.67. The predicted molar refractivity (Wildman–Crippen MR) is 287 cm³/mol. The molecule has 15 nitrogen and oxygen atoms in total. The van der Waals surface area contributed by atoms with E-state index in [4.69, 9.17) is 14.5 Å². The summed E-state index contributed by atoms with van der Waals surface area (Å²) in [5.74, 6) is 2.97. The number of esters is 1. The van der Waals surface area contributed by atoms with Crippen LogP contribution in [0.2, 0.25) is 0 Å². The van der Waals surface area contributed by atoms with E-state index in [-0.39, 0.29) is 36.1 Å². The summed E-state index contributed by atoms with van der Waals surface area (Å²) in [6.07, 6.45) is -0.962. The molecule has 0 aliphatic carbocycles. The van der Waals surface area contributed by atoms with E-state index in [0.29, 0.717) is 33.5 Å². The average molecular weight is 1030 g/mol. The Hall–Kier alpha value is -9.01. The van der Waals surface area contributed by atoms with E-state index in [1.165, 1.54) is 11.3 Å². The zero-order valence-electron chi connectivity index (χ0n) is 40.9. The number of morpholine rings is 1. The lowest BCUT2D eigenvalue weighted by Gasteiger charge is -2.46. The van der Waals surface area contributed by atoms with Gasteiger partial charge in [0.1, 0.15) is 42.0 Å². The molecule has 3 N–H and O–H groups in total. The number of ether oxygens (including phenoxy) is 2. The van der Waals surface area contributed by atoms with Gasteiger partial charge < -0.3 is 25.2 Å². The van der Waals surface area contributed by atoms with Gasteiger partial charge in [0.25, 0.3) is 0 Å². The van der Waals surface area contributed by atoms with Gasteiger partial charge in [-0.3, -0.25) is 19.3 Å². The van der Waals surface area contributed by atoms with Crippen LogP contribution >= 0.6 is 11.3 Å². The molecule has 1 spiro atoms. The number of nitrogens with one attached hydrogen (secondary N) is 2. The summed E-state index contributed by atoms with van der Waals surface area (Å²) in [7, 11) is 0. The number of aromatic nitrogens is 4. The molecule has 16 heteroatoms. The summed E-state index contributed by atoms with van der Waals surface area (Å²) >= 11 is 1.25. The normalized spacial score (nSPS) is 21.1. The Labute approximate surface area is 440 Å². The molecule has 2 aromatic heterocycles. The summed E-state index contributed by atoms with van der Waals surface area (Å²) in [5, 5.41) is 25.2. The van der Waals surface area contributed by atoms with E-state index in [0.717, 1.165) is 26.2 Å². The Bertz CT molecular complexity index is 3720. The molecule has 4 amide bonds. The van der Waals surface area contributed by atoms with Crippen LogP contribution in [0.4, 0.5) is 15.6 Å². The molecule has 9 aromatic rings. The number of thiazole rings is 1. The number of anilines is 2. The van der Waals surface area contributed by atoms with Crippen molar-refractivity contribution >= 4 is 67.2 Å². The first-order valence-corrected chi connectivity index (χ1v) is 25.7. The summed E-state index contributed by atoms with van der Waals surface area (Å²) < 4.78 is 15.6. The molecule has 76 heavy (non-hydrogen) atoms. The maximum absolute atomic E-state index is 17.0. The lowest BCUT2D eigenvalue weighted by molar-refractivity contribution is -0.177. The van der Waals surface area contributed by atoms with Crippen molar-refractivity contribution in [3.8, 4) is 17.6 Å². The Morgan fingerprint density at radius 2 is 1.49 bits per heavy atom. The van der Waals surface area contributed by atoms with Crippen molar-refractivity contribution in [2.24, 2.45) is 5.92 Å². The minimum atomic E-state index is -2.13. The summed E-state index contributed by atoms with van der Waals surface area (Å²) in [5.41, 5.74) is 3.56. The molecule has 0 radical (unpaired) electrons. The summed E-state index contributed by atoms with van der Waals surface area (Å²) in [6, 6.07) is 50.7. The van der Waals surface area contributed by atoms with Crippen LogP contribution in [0.15, 0.2) is 182 Å². The molecule has 12 rings (SSSR count). The van der Waals surface area contributed by atoms with Crippen LogP contribution in [-0.2, 0) is 31.1 Å². The number of urea groups is 1. The van der Waals surface area contributed by atoms with Gasteiger partial charge in [-0.1, -0.05) is 162 Å². The smallest absolute Gasteiger partial charge is 0.329 e. The van der Waals surface area contributed by atoms with Crippen molar-refractivity contribution in [1.29, 1.82) is 0 Å². The first kappa shape index (κ1) is 48.0. The van der Waals surface area contributed by atoms with E-state index >= 15 is 19.2 Å². The van der Waals surface area contributed by atoms with E-state index in [9.17, 15) is 5.11 Å². The molecule has 376 valence electrons.